The number of furan rings is 1. The van der Waals surface area contributed by atoms with Crippen LogP contribution in [0.5, 0.6) is 0 Å². The molecule has 1 aromatic heterocycles. The highest BCUT2D eigenvalue weighted by molar-refractivity contribution is 6.35. The van der Waals surface area contributed by atoms with Crippen LogP contribution in [0.2, 0.25) is 5.02 Å². The van der Waals surface area contributed by atoms with Gasteiger partial charge in [-0.15, -0.1) is 0 Å². The van der Waals surface area contributed by atoms with E-state index in [1.807, 2.05) is 0 Å². The Morgan fingerprint density at radius 3 is 2.94 bits per heavy atom. The number of rotatable bonds is 2. The van der Waals surface area contributed by atoms with Gasteiger partial charge in [-0.3, -0.25) is 9.59 Å². The number of anilines is 1. The van der Waals surface area contributed by atoms with E-state index in [9.17, 15) is 9.59 Å². The molecule has 2 heterocycles. The smallest absolute Gasteiger partial charge is 0.228 e. The van der Waals surface area contributed by atoms with Gasteiger partial charge in [0.05, 0.1) is 23.3 Å². The minimum Gasteiger partial charge on any atom is -0.472 e. The van der Waals surface area contributed by atoms with E-state index in [4.69, 9.17) is 16.0 Å². The van der Waals surface area contributed by atoms with Gasteiger partial charge in [-0.05, 0) is 23.8 Å². The predicted octanol–water partition coefficient (Wildman–Crippen LogP) is 2.66. The van der Waals surface area contributed by atoms with E-state index >= 15 is 0 Å². The van der Waals surface area contributed by atoms with Crippen LogP contribution in [-0.2, 0) is 11.2 Å². The molecule has 5 heteroatoms. The van der Waals surface area contributed by atoms with Crippen molar-refractivity contribution in [3.8, 4) is 0 Å². The molecule has 1 aliphatic heterocycles. The Kier molecular flexibility index (Phi) is 2.45. The Morgan fingerprint density at radius 1 is 1.39 bits per heavy atom. The molecule has 1 aromatic carbocycles. The number of hydrogen-bond acceptors (Lipinski definition) is 3. The summed E-state index contributed by atoms with van der Waals surface area (Å²) in [4.78, 5) is 23.4. The van der Waals surface area contributed by atoms with Crippen molar-refractivity contribution in [3.63, 3.8) is 0 Å². The standard InChI is InChI=1S/C13H8ClNO3/c14-10-5-11-8(4-12(16)15-11)3-9(10)13(17)7-1-2-18-6-7/h1-3,5-6H,4H2,(H,15,16). The zero-order valence-corrected chi connectivity index (χ0v) is 9.95. The number of carbonyl (C=O) groups excluding carboxylic acids is 2. The summed E-state index contributed by atoms with van der Waals surface area (Å²) in [6, 6.07) is 4.84. The molecular weight excluding hydrogens is 254 g/mol. The van der Waals surface area contributed by atoms with Crippen molar-refractivity contribution < 1.29 is 14.0 Å². The Labute approximate surface area is 108 Å². The van der Waals surface area contributed by atoms with Gasteiger partial charge in [0.25, 0.3) is 0 Å². The molecule has 1 N–H and O–H groups in total. The monoisotopic (exact) mass is 261 g/mol. The molecule has 0 aliphatic carbocycles. The van der Waals surface area contributed by atoms with Crippen molar-refractivity contribution in [3.05, 3.63) is 52.4 Å². The Hall–Kier alpha value is -2.07. The molecule has 0 radical (unpaired) electrons. The van der Waals surface area contributed by atoms with Crippen LogP contribution in [0.15, 0.2) is 35.1 Å². The van der Waals surface area contributed by atoms with Gasteiger partial charge in [0.15, 0.2) is 5.78 Å². The molecule has 1 amide bonds. The van der Waals surface area contributed by atoms with Crippen LogP contribution in [0, 0.1) is 0 Å². The minimum absolute atomic E-state index is 0.0889. The highest BCUT2D eigenvalue weighted by atomic mass is 35.5. The lowest BCUT2D eigenvalue weighted by Gasteiger charge is -2.05. The van der Waals surface area contributed by atoms with Gasteiger partial charge in [0, 0.05) is 11.3 Å². The summed E-state index contributed by atoms with van der Waals surface area (Å²) in [6.45, 7) is 0. The highest BCUT2D eigenvalue weighted by Gasteiger charge is 2.22. The average molecular weight is 262 g/mol. The maximum atomic E-state index is 12.2. The Balaban J connectivity index is 2.06. The first kappa shape index (κ1) is 11.0. The number of amides is 1. The molecule has 4 nitrogen and oxygen atoms in total. The lowest BCUT2D eigenvalue weighted by atomic mass is 10.0. The maximum Gasteiger partial charge on any atom is 0.228 e. The van der Waals surface area contributed by atoms with E-state index in [0.29, 0.717) is 21.8 Å². The molecule has 0 saturated heterocycles. The van der Waals surface area contributed by atoms with Gasteiger partial charge in [0.1, 0.15) is 6.26 Å². The van der Waals surface area contributed by atoms with Crippen molar-refractivity contribution in [2.45, 2.75) is 6.42 Å². The largest absolute Gasteiger partial charge is 0.472 e. The number of nitrogens with one attached hydrogen (secondary N) is 1. The maximum absolute atomic E-state index is 12.2. The topological polar surface area (TPSA) is 59.3 Å². The highest BCUT2D eigenvalue weighted by Crippen LogP contribution is 2.31. The van der Waals surface area contributed by atoms with E-state index in [1.165, 1.54) is 12.5 Å². The fourth-order valence-corrected chi connectivity index (χ4v) is 2.22. The van der Waals surface area contributed by atoms with Gasteiger partial charge in [-0.1, -0.05) is 11.6 Å². The Bertz CT molecular complexity index is 647. The molecule has 0 spiro atoms. The molecule has 0 atom stereocenters. The van der Waals surface area contributed by atoms with Crippen LogP contribution in [0.4, 0.5) is 5.69 Å². The van der Waals surface area contributed by atoms with E-state index < -0.39 is 0 Å². The number of ketones is 1. The van der Waals surface area contributed by atoms with Crippen LogP contribution in [0.1, 0.15) is 21.5 Å². The van der Waals surface area contributed by atoms with Gasteiger partial charge in [0.2, 0.25) is 5.91 Å². The van der Waals surface area contributed by atoms with Crippen molar-refractivity contribution in [1.29, 1.82) is 0 Å². The second-order valence-electron chi connectivity index (χ2n) is 4.06. The number of fused-ring (bicyclic) bond motifs is 1. The third-order valence-electron chi connectivity index (χ3n) is 2.85. The first-order valence-electron chi connectivity index (χ1n) is 5.34. The normalized spacial score (nSPS) is 13.3. The third-order valence-corrected chi connectivity index (χ3v) is 3.16. The van der Waals surface area contributed by atoms with E-state index in [0.717, 1.165) is 5.56 Å². The van der Waals surface area contributed by atoms with Crippen LogP contribution in [-0.4, -0.2) is 11.7 Å². The molecule has 0 fully saturated rings. The summed E-state index contributed by atoms with van der Waals surface area (Å²) in [6.07, 6.45) is 3.08. The number of benzene rings is 1. The summed E-state index contributed by atoms with van der Waals surface area (Å²) in [5.74, 6) is -0.301. The van der Waals surface area contributed by atoms with Crippen LogP contribution < -0.4 is 5.32 Å². The summed E-state index contributed by atoms with van der Waals surface area (Å²) in [5.41, 5.74) is 2.28. The number of carbonyl (C=O) groups is 2. The molecule has 0 bridgehead atoms. The average Bonchev–Trinajstić information content (AvgIpc) is 2.94. The van der Waals surface area contributed by atoms with Crippen molar-refractivity contribution in [1.82, 2.24) is 0 Å². The van der Waals surface area contributed by atoms with E-state index in [-0.39, 0.29) is 18.1 Å². The first-order valence-corrected chi connectivity index (χ1v) is 5.72. The number of halogens is 1. The van der Waals surface area contributed by atoms with E-state index in [1.54, 1.807) is 18.2 Å². The lowest BCUT2D eigenvalue weighted by Crippen LogP contribution is -2.03. The summed E-state index contributed by atoms with van der Waals surface area (Å²) in [7, 11) is 0. The fourth-order valence-electron chi connectivity index (χ4n) is 1.97. The predicted molar refractivity (Wildman–Crippen MR) is 65.9 cm³/mol. The second kappa shape index (κ2) is 3.99. The van der Waals surface area contributed by atoms with Crippen molar-refractivity contribution in [2.24, 2.45) is 0 Å². The Morgan fingerprint density at radius 2 is 2.22 bits per heavy atom. The van der Waals surface area contributed by atoms with Crippen LogP contribution in [0.3, 0.4) is 0 Å². The quantitative estimate of drug-likeness (QED) is 0.846. The van der Waals surface area contributed by atoms with Gasteiger partial charge >= 0.3 is 0 Å². The second-order valence-corrected chi connectivity index (χ2v) is 4.46. The van der Waals surface area contributed by atoms with Gasteiger partial charge in [-0.25, -0.2) is 0 Å². The minimum atomic E-state index is -0.212. The molecule has 18 heavy (non-hydrogen) atoms. The fraction of sp³-hybridized carbons (Fsp3) is 0.0769. The van der Waals surface area contributed by atoms with Gasteiger partial charge < -0.3 is 9.73 Å². The first-order chi connectivity index (χ1) is 8.65. The molecule has 2 aromatic rings. The summed E-state index contributed by atoms with van der Waals surface area (Å²) in [5, 5.41) is 3.01. The van der Waals surface area contributed by atoms with E-state index in [2.05, 4.69) is 5.32 Å². The van der Waals surface area contributed by atoms with Crippen LogP contribution >= 0.6 is 11.6 Å². The van der Waals surface area contributed by atoms with Crippen molar-refractivity contribution in [2.75, 3.05) is 5.32 Å². The van der Waals surface area contributed by atoms with Crippen molar-refractivity contribution >= 4 is 29.0 Å². The third kappa shape index (κ3) is 1.71. The molecule has 90 valence electrons. The zero-order chi connectivity index (χ0) is 12.7. The molecule has 0 unspecified atom stereocenters. The molecule has 1 aliphatic rings. The SMILES string of the molecule is O=C1Cc2cc(C(=O)c3ccoc3)c(Cl)cc2N1. The zero-order valence-electron chi connectivity index (χ0n) is 9.20. The molecular formula is C13H8ClNO3. The summed E-state index contributed by atoms with van der Waals surface area (Å²) >= 11 is 6.06. The molecule has 0 saturated carbocycles. The number of hydrogen-bond donors (Lipinski definition) is 1. The lowest BCUT2D eigenvalue weighted by molar-refractivity contribution is -0.115. The summed E-state index contributed by atoms with van der Waals surface area (Å²) < 4.78 is 4.88. The molecule has 3 rings (SSSR count). The van der Waals surface area contributed by atoms with Crippen LogP contribution in [0.25, 0.3) is 0 Å². The van der Waals surface area contributed by atoms with Gasteiger partial charge in [-0.2, -0.15) is 0 Å².